The lowest BCUT2D eigenvalue weighted by Crippen LogP contribution is -2.21. The van der Waals surface area contributed by atoms with Gasteiger partial charge >= 0.3 is 7.32 Å². The molecule has 0 saturated carbocycles. The summed E-state index contributed by atoms with van der Waals surface area (Å²) in [6, 6.07) is 3.53. The Hall–Kier alpha value is -1.90. The van der Waals surface area contributed by atoms with E-state index in [0.717, 1.165) is 24.3 Å². The Morgan fingerprint density at radius 3 is 1.71 bits per heavy atom. The van der Waals surface area contributed by atoms with E-state index in [4.69, 9.17) is 23.9 Å². The molecule has 0 atom stereocenters. The molecule has 0 bridgehead atoms. The van der Waals surface area contributed by atoms with Crippen LogP contribution in [0.15, 0.2) is 34.1 Å². The van der Waals surface area contributed by atoms with Crippen molar-refractivity contribution in [1.82, 2.24) is 0 Å². The van der Waals surface area contributed by atoms with E-state index in [0.29, 0.717) is 0 Å². The van der Waals surface area contributed by atoms with Crippen LogP contribution in [0.3, 0.4) is 0 Å². The van der Waals surface area contributed by atoms with Crippen molar-refractivity contribution in [3.63, 3.8) is 0 Å². The van der Waals surface area contributed by atoms with E-state index < -0.39 is 43.1 Å². The van der Waals surface area contributed by atoms with Gasteiger partial charge in [-0.3, -0.25) is 9.11 Å². The summed E-state index contributed by atoms with van der Waals surface area (Å²) in [6.07, 6.45) is 0. The molecule has 0 aliphatic carbocycles. The minimum Gasteiger partial charge on any atom is -0.511 e. The van der Waals surface area contributed by atoms with Gasteiger partial charge in [-0.15, -0.1) is 0 Å². The molecule has 0 aromatic heterocycles. The fourth-order valence-electron chi connectivity index (χ4n) is 2.05. The molecule has 0 spiro atoms. The maximum Gasteiger partial charge on any atom is 0.707 e. The van der Waals surface area contributed by atoms with Gasteiger partial charge in [0.15, 0.2) is 0 Å². The maximum absolute atomic E-state index is 11.3. The summed E-state index contributed by atoms with van der Waals surface area (Å²) in [5, 5.41) is 17.8. The molecule has 10 nitrogen and oxygen atoms in total. The Morgan fingerprint density at radius 2 is 1.33 bits per heavy atom. The van der Waals surface area contributed by atoms with Crippen molar-refractivity contribution in [3.05, 3.63) is 24.3 Å². The molecule has 0 saturated heterocycles. The first-order valence-corrected chi connectivity index (χ1v) is 8.95. The van der Waals surface area contributed by atoms with Gasteiger partial charge < -0.3 is 19.4 Å². The Morgan fingerprint density at radius 1 is 0.875 bits per heavy atom. The van der Waals surface area contributed by atoms with Crippen molar-refractivity contribution < 1.29 is 45.4 Å². The normalized spacial score (nSPS) is 12.2. The lowest BCUT2D eigenvalue weighted by atomic mass is 10.1. The van der Waals surface area contributed by atoms with Crippen LogP contribution in [-0.2, 0) is 20.2 Å². The number of hydrogen-bond donors (Lipinski definition) is 4. The largest absolute Gasteiger partial charge is 0.707 e. The number of ether oxygens (including phenoxy) is 1. The van der Waals surface area contributed by atoms with Gasteiger partial charge in [0.25, 0.3) is 20.2 Å². The van der Waals surface area contributed by atoms with Crippen molar-refractivity contribution in [2.75, 3.05) is 7.11 Å². The fourth-order valence-corrected chi connectivity index (χ4v) is 3.11. The molecule has 0 heterocycles. The molecule has 0 aliphatic rings. The second kappa shape index (κ2) is 6.20. The molecule has 0 aliphatic heterocycles. The van der Waals surface area contributed by atoms with Gasteiger partial charge in [0.2, 0.25) is 0 Å². The number of benzene rings is 2. The van der Waals surface area contributed by atoms with Crippen molar-refractivity contribution in [2.24, 2.45) is 0 Å². The van der Waals surface area contributed by atoms with Crippen LogP contribution >= 0.6 is 0 Å². The smallest absolute Gasteiger partial charge is 0.511 e. The average molecular weight is 378 g/mol. The summed E-state index contributed by atoms with van der Waals surface area (Å²) in [6.45, 7) is 0. The first-order valence-electron chi connectivity index (χ1n) is 6.07. The quantitative estimate of drug-likeness (QED) is 0.400. The van der Waals surface area contributed by atoms with Gasteiger partial charge in [-0.05, 0) is 17.5 Å². The van der Waals surface area contributed by atoms with E-state index >= 15 is 0 Å². The van der Waals surface area contributed by atoms with Crippen LogP contribution in [0.2, 0.25) is 0 Å². The second-order valence-electron chi connectivity index (χ2n) is 4.54. The third kappa shape index (κ3) is 3.77. The topological polar surface area (TPSA) is 168 Å². The first kappa shape index (κ1) is 18.4. The fraction of sp³-hybridized carbons (Fsp3) is 0.0909. The lowest BCUT2D eigenvalue weighted by molar-refractivity contribution is 0.289. The van der Waals surface area contributed by atoms with Crippen LogP contribution in [0.4, 0.5) is 0 Å². The minimum absolute atomic E-state index is 0.00889. The molecule has 13 heteroatoms. The van der Waals surface area contributed by atoms with Crippen LogP contribution in [0.25, 0.3) is 10.8 Å². The zero-order chi connectivity index (χ0) is 18.3. The van der Waals surface area contributed by atoms with Gasteiger partial charge in [-0.25, -0.2) is 0 Å². The highest BCUT2D eigenvalue weighted by Crippen LogP contribution is 2.38. The molecule has 2 aromatic rings. The Kier molecular flexibility index (Phi) is 4.76. The first-order chi connectivity index (χ1) is 10.9. The molecule has 130 valence electrons. The maximum atomic E-state index is 11.3. The van der Waals surface area contributed by atoms with Gasteiger partial charge in [-0.2, -0.15) is 16.8 Å². The SMILES string of the molecule is COc1cc(S(=O)(=O)O)cc2cc(S(=O)(=O)O)cc(OB(O)O)c12. The van der Waals surface area contributed by atoms with Gasteiger partial charge in [0.05, 0.1) is 22.3 Å². The zero-order valence-corrected chi connectivity index (χ0v) is 13.6. The molecule has 0 fully saturated rings. The van der Waals surface area contributed by atoms with Crippen LogP contribution in [0.1, 0.15) is 0 Å². The Labute approximate surface area is 136 Å². The summed E-state index contributed by atoms with van der Waals surface area (Å²) in [5.41, 5.74) is 0. The van der Waals surface area contributed by atoms with E-state index in [2.05, 4.69) is 4.65 Å². The average Bonchev–Trinajstić information content (AvgIpc) is 2.43. The lowest BCUT2D eigenvalue weighted by Gasteiger charge is -2.14. The third-order valence-electron chi connectivity index (χ3n) is 2.97. The summed E-state index contributed by atoms with van der Waals surface area (Å²) >= 11 is 0. The Balaban J connectivity index is 2.97. The molecule has 4 N–H and O–H groups in total. The van der Waals surface area contributed by atoms with E-state index in [1.54, 1.807) is 0 Å². The number of rotatable bonds is 5. The number of fused-ring (bicyclic) bond motifs is 1. The molecule has 0 radical (unpaired) electrons. The molecule has 0 unspecified atom stereocenters. The summed E-state index contributed by atoms with van der Waals surface area (Å²) in [7, 11) is -10.5. The van der Waals surface area contributed by atoms with Crippen LogP contribution in [0, 0.1) is 0 Å². The number of hydrogen-bond acceptors (Lipinski definition) is 8. The monoisotopic (exact) mass is 378 g/mol. The summed E-state index contributed by atoms with van der Waals surface area (Å²) < 4.78 is 73.2. The van der Waals surface area contributed by atoms with E-state index in [1.165, 1.54) is 7.11 Å². The van der Waals surface area contributed by atoms with Crippen LogP contribution in [0.5, 0.6) is 11.5 Å². The molecular weight excluding hydrogens is 367 g/mol. The number of methoxy groups -OCH3 is 1. The summed E-state index contributed by atoms with van der Waals surface area (Å²) in [4.78, 5) is -1.30. The molecular formula is C11H11BO10S2. The predicted molar refractivity (Wildman–Crippen MR) is 80.9 cm³/mol. The van der Waals surface area contributed by atoms with E-state index in [-0.39, 0.29) is 16.5 Å². The van der Waals surface area contributed by atoms with E-state index in [9.17, 15) is 16.8 Å². The standard InChI is InChI=1S/C11H11BO10S2/c1-21-9-4-7(23(15,16)17)2-6-3-8(24(18,19)20)5-10(11(6)9)22-12(13)14/h2-5,13-14H,1H3,(H,15,16,17)(H,18,19,20). The van der Waals surface area contributed by atoms with Crippen molar-refractivity contribution in [1.29, 1.82) is 0 Å². The molecule has 2 rings (SSSR count). The van der Waals surface area contributed by atoms with Gasteiger partial charge in [0.1, 0.15) is 11.5 Å². The highest BCUT2D eigenvalue weighted by Gasteiger charge is 2.23. The summed E-state index contributed by atoms with van der Waals surface area (Å²) in [5.74, 6) is -0.563. The van der Waals surface area contributed by atoms with Crippen molar-refractivity contribution >= 4 is 38.3 Å². The van der Waals surface area contributed by atoms with Gasteiger partial charge in [0, 0.05) is 12.1 Å². The predicted octanol–water partition coefficient (Wildman–Crippen LogP) is -0.310. The van der Waals surface area contributed by atoms with Gasteiger partial charge in [-0.1, -0.05) is 0 Å². The third-order valence-corrected chi connectivity index (χ3v) is 4.63. The van der Waals surface area contributed by atoms with E-state index in [1.807, 2.05) is 0 Å². The van der Waals surface area contributed by atoms with Crippen molar-refractivity contribution in [2.45, 2.75) is 9.79 Å². The molecule has 0 amide bonds. The van der Waals surface area contributed by atoms with Crippen LogP contribution < -0.4 is 9.39 Å². The van der Waals surface area contributed by atoms with Crippen LogP contribution in [-0.4, -0.2) is 50.4 Å². The zero-order valence-electron chi connectivity index (χ0n) is 11.9. The molecule has 24 heavy (non-hydrogen) atoms. The highest BCUT2D eigenvalue weighted by atomic mass is 32.2. The highest BCUT2D eigenvalue weighted by molar-refractivity contribution is 7.86. The minimum atomic E-state index is -4.72. The Bertz CT molecular complexity index is 992. The van der Waals surface area contributed by atoms with Crippen molar-refractivity contribution in [3.8, 4) is 11.5 Å². The molecule has 2 aromatic carbocycles. The second-order valence-corrected chi connectivity index (χ2v) is 7.38.